The molecule has 2 aromatic carbocycles. The number of nitrogens with zero attached hydrogens (tertiary/aromatic N) is 1. The zero-order valence-corrected chi connectivity index (χ0v) is 15.9. The fraction of sp³-hybridized carbons (Fsp3) is 0.364. The summed E-state index contributed by atoms with van der Waals surface area (Å²) >= 11 is 0. The molecule has 0 aliphatic carbocycles. The van der Waals surface area contributed by atoms with Crippen LogP contribution in [0.25, 0.3) is 0 Å². The van der Waals surface area contributed by atoms with Crippen LogP contribution < -0.4 is 15.0 Å². The molecular formula is C22H27N2O3+. The average Bonchev–Trinajstić information content (AvgIpc) is 2.94. The molecule has 5 nitrogen and oxygen atoms in total. The number of hydrogen-bond acceptors (Lipinski definition) is 3. The SMILES string of the molecule is CCCOc1ccc(N2C(=O)C[C@@H]([NH2+][C@H](C)Cc3ccccc3)C2=O)cc1. The molecule has 142 valence electrons. The number of hydrogen-bond donors (Lipinski definition) is 1. The minimum absolute atomic E-state index is 0.137. The van der Waals surface area contributed by atoms with Gasteiger partial charge in [0, 0.05) is 6.42 Å². The third-order valence-electron chi connectivity index (χ3n) is 4.71. The number of imide groups is 1. The highest BCUT2D eigenvalue weighted by Gasteiger charge is 2.42. The van der Waals surface area contributed by atoms with Crippen LogP contribution in [-0.4, -0.2) is 30.5 Å². The summed E-state index contributed by atoms with van der Waals surface area (Å²) in [7, 11) is 0. The minimum Gasteiger partial charge on any atom is -0.494 e. The van der Waals surface area contributed by atoms with Gasteiger partial charge in [-0.05, 0) is 43.2 Å². The lowest BCUT2D eigenvalue weighted by molar-refractivity contribution is -0.704. The van der Waals surface area contributed by atoms with E-state index in [2.05, 4.69) is 19.1 Å². The van der Waals surface area contributed by atoms with Gasteiger partial charge in [-0.3, -0.25) is 9.59 Å². The van der Waals surface area contributed by atoms with Gasteiger partial charge in [0.05, 0.1) is 24.8 Å². The van der Waals surface area contributed by atoms with Gasteiger partial charge in [-0.15, -0.1) is 0 Å². The maximum absolute atomic E-state index is 12.8. The topological polar surface area (TPSA) is 63.2 Å². The summed E-state index contributed by atoms with van der Waals surface area (Å²) in [4.78, 5) is 26.6. The number of ether oxygens (including phenoxy) is 1. The summed E-state index contributed by atoms with van der Waals surface area (Å²) < 4.78 is 5.56. The van der Waals surface area contributed by atoms with Crippen LogP contribution >= 0.6 is 0 Å². The van der Waals surface area contributed by atoms with Gasteiger partial charge in [-0.2, -0.15) is 0 Å². The molecule has 0 bridgehead atoms. The van der Waals surface area contributed by atoms with Crippen molar-refractivity contribution in [2.45, 2.75) is 45.2 Å². The Morgan fingerprint density at radius 2 is 1.81 bits per heavy atom. The molecule has 1 aliphatic rings. The van der Waals surface area contributed by atoms with Gasteiger partial charge in [0.25, 0.3) is 5.91 Å². The molecule has 0 aromatic heterocycles. The molecule has 1 heterocycles. The Balaban J connectivity index is 1.62. The summed E-state index contributed by atoms with van der Waals surface area (Å²) in [6.45, 7) is 4.79. The van der Waals surface area contributed by atoms with Crippen molar-refractivity contribution < 1.29 is 19.6 Å². The molecule has 3 rings (SSSR count). The van der Waals surface area contributed by atoms with Crippen molar-refractivity contribution in [1.82, 2.24) is 0 Å². The second kappa shape index (κ2) is 8.82. The molecule has 1 fully saturated rings. The van der Waals surface area contributed by atoms with Crippen LogP contribution in [-0.2, 0) is 16.0 Å². The van der Waals surface area contributed by atoms with Crippen molar-refractivity contribution in [2.75, 3.05) is 11.5 Å². The molecule has 0 unspecified atom stereocenters. The van der Waals surface area contributed by atoms with Gasteiger partial charge in [0.15, 0.2) is 6.04 Å². The maximum atomic E-state index is 12.8. The van der Waals surface area contributed by atoms with Gasteiger partial charge in [-0.1, -0.05) is 37.3 Å². The van der Waals surface area contributed by atoms with Crippen molar-refractivity contribution in [3.05, 3.63) is 60.2 Å². The minimum atomic E-state index is -0.354. The summed E-state index contributed by atoms with van der Waals surface area (Å²) in [5.74, 6) is 0.469. The molecule has 0 radical (unpaired) electrons. The number of amides is 2. The molecule has 2 aromatic rings. The van der Waals surface area contributed by atoms with E-state index in [1.54, 1.807) is 24.3 Å². The Morgan fingerprint density at radius 1 is 1.11 bits per heavy atom. The highest BCUT2D eigenvalue weighted by Crippen LogP contribution is 2.24. The van der Waals surface area contributed by atoms with Crippen LogP contribution in [0.2, 0.25) is 0 Å². The third kappa shape index (κ3) is 4.74. The first-order valence-electron chi connectivity index (χ1n) is 9.57. The fourth-order valence-corrected chi connectivity index (χ4v) is 3.44. The Labute approximate surface area is 160 Å². The van der Waals surface area contributed by atoms with Crippen LogP contribution in [0, 0.1) is 0 Å². The number of carbonyl (C=O) groups excluding carboxylic acids is 2. The van der Waals surface area contributed by atoms with Crippen molar-refractivity contribution >= 4 is 17.5 Å². The predicted octanol–water partition coefficient (Wildman–Crippen LogP) is 2.30. The molecule has 0 saturated carbocycles. The second-order valence-corrected chi connectivity index (χ2v) is 7.08. The Hall–Kier alpha value is -2.66. The zero-order chi connectivity index (χ0) is 19.2. The van der Waals surface area contributed by atoms with Gasteiger partial charge in [0.2, 0.25) is 5.91 Å². The molecule has 27 heavy (non-hydrogen) atoms. The van der Waals surface area contributed by atoms with E-state index in [1.165, 1.54) is 10.5 Å². The van der Waals surface area contributed by atoms with Crippen LogP contribution in [0.5, 0.6) is 5.75 Å². The summed E-state index contributed by atoms with van der Waals surface area (Å²) in [5, 5.41) is 2.02. The van der Waals surface area contributed by atoms with Gasteiger partial charge < -0.3 is 10.1 Å². The molecule has 2 N–H and O–H groups in total. The summed E-state index contributed by atoms with van der Waals surface area (Å²) in [5.41, 5.74) is 1.85. The lowest BCUT2D eigenvalue weighted by Crippen LogP contribution is -2.96. The van der Waals surface area contributed by atoms with E-state index < -0.39 is 0 Å². The fourth-order valence-electron chi connectivity index (χ4n) is 3.44. The van der Waals surface area contributed by atoms with Crippen molar-refractivity contribution in [3.8, 4) is 5.75 Å². The van der Waals surface area contributed by atoms with Gasteiger partial charge in [0.1, 0.15) is 5.75 Å². The van der Waals surface area contributed by atoms with E-state index in [0.717, 1.165) is 18.6 Å². The van der Waals surface area contributed by atoms with Crippen LogP contribution in [0.4, 0.5) is 5.69 Å². The molecule has 1 aliphatic heterocycles. The normalized spacial score (nSPS) is 18.0. The van der Waals surface area contributed by atoms with E-state index >= 15 is 0 Å². The smallest absolute Gasteiger partial charge is 0.292 e. The zero-order valence-electron chi connectivity index (χ0n) is 15.9. The van der Waals surface area contributed by atoms with Crippen molar-refractivity contribution in [2.24, 2.45) is 0 Å². The Kier molecular flexibility index (Phi) is 6.24. The van der Waals surface area contributed by atoms with Crippen molar-refractivity contribution in [1.29, 1.82) is 0 Å². The molecule has 2 atom stereocenters. The van der Waals surface area contributed by atoms with Crippen LogP contribution in [0.1, 0.15) is 32.3 Å². The van der Waals surface area contributed by atoms with Crippen LogP contribution in [0.15, 0.2) is 54.6 Å². The lowest BCUT2D eigenvalue weighted by atomic mass is 10.1. The number of rotatable bonds is 8. The highest BCUT2D eigenvalue weighted by molar-refractivity contribution is 6.21. The number of anilines is 1. The number of nitrogens with two attached hydrogens (primary N) is 1. The molecular weight excluding hydrogens is 340 g/mol. The predicted molar refractivity (Wildman–Crippen MR) is 105 cm³/mol. The van der Waals surface area contributed by atoms with E-state index in [9.17, 15) is 9.59 Å². The third-order valence-corrected chi connectivity index (χ3v) is 4.71. The monoisotopic (exact) mass is 367 g/mol. The lowest BCUT2D eigenvalue weighted by Gasteiger charge is -2.17. The van der Waals surface area contributed by atoms with Gasteiger partial charge in [-0.25, -0.2) is 4.90 Å². The van der Waals surface area contributed by atoms with Crippen molar-refractivity contribution in [3.63, 3.8) is 0 Å². The standard InChI is InChI=1S/C22H26N2O3/c1-3-13-27-19-11-9-18(10-12-19)24-21(25)15-20(22(24)26)23-16(2)14-17-7-5-4-6-8-17/h4-12,16,20,23H,3,13-15H2,1-2H3/p+1/t16-,20-/m1/s1. The maximum Gasteiger partial charge on any atom is 0.292 e. The summed E-state index contributed by atoms with van der Waals surface area (Å²) in [6, 6.07) is 17.2. The van der Waals surface area contributed by atoms with E-state index in [4.69, 9.17) is 4.74 Å². The first-order valence-corrected chi connectivity index (χ1v) is 9.57. The quantitative estimate of drug-likeness (QED) is 0.728. The Bertz CT molecular complexity index is 774. The van der Waals surface area contributed by atoms with E-state index in [-0.39, 0.29) is 30.3 Å². The van der Waals surface area contributed by atoms with E-state index in [1.807, 2.05) is 30.4 Å². The van der Waals surface area contributed by atoms with E-state index in [0.29, 0.717) is 12.3 Å². The first-order chi connectivity index (χ1) is 13.1. The van der Waals surface area contributed by atoms with Crippen LogP contribution in [0.3, 0.4) is 0 Å². The first kappa shape index (κ1) is 19.1. The number of benzene rings is 2. The number of quaternary nitrogens is 1. The number of carbonyl (C=O) groups is 2. The molecule has 2 amide bonds. The summed E-state index contributed by atoms with van der Waals surface area (Å²) in [6.07, 6.45) is 2.04. The van der Waals surface area contributed by atoms with Gasteiger partial charge >= 0.3 is 0 Å². The second-order valence-electron chi connectivity index (χ2n) is 7.08. The molecule has 1 saturated heterocycles. The average molecular weight is 367 g/mol. The molecule has 5 heteroatoms. The molecule has 0 spiro atoms. The highest BCUT2D eigenvalue weighted by atomic mass is 16.5. The largest absolute Gasteiger partial charge is 0.494 e. The Morgan fingerprint density at radius 3 is 2.48 bits per heavy atom.